The predicted molar refractivity (Wildman–Crippen MR) is 84.0 cm³/mol. The van der Waals surface area contributed by atoms with Crippen molar-refractivity contribution < 1.29 is 9.84 Å². The summed E-state index contributed by atoms with van der Waals surface area (Å²) < 4.78 is 6.26. The van der Waals surface area contributed by atoms with E-state index in [-0.39, 0.29) is 11.7 Å². The summed E-state index contributed by atoms with van der Waals surface area (Å²) in [7, 11) is 0. The lowest BCUT2D eigenvalue weighted by atomic mass is 9.46. The highest BCUT2D eigenvalue weighted by Gasteiger charge is 2.57. The van der Waals surface area contributed by atoms with Crippen molar-refractivity contribution in [3.63, 3.8) is 0 Å². The van der Waals surface area contributed by atoms with Crippen LogP contribution in [-0.4, -0.2) is 23.4 Å². The molecule has 3 saturated carbocycles. The molecule has 0 aromatic carbocycles. The normalized spacial score (nSPS) is 57.0. The molecule has 1 aliphatic heterocycles. The van der Waals surface area contributed by atoms with Crippen LogP contribution in [0, 0.1) is 29.1 Å². The van der Waals surface area contributed by atoms with Crippen LogP contribution in [0.25, 0.3) is 0 Å². The standard InChI is InChI=1S/C19H32O2/c1-18-9-7-14(20)12-13(18)5-6-15-16(18)8-10-19(2)17(15)4-3-11-21-19/h13-17,20H,3-12H2,1-2H3/t13-,14-,15+,16-,17+,18-,19+/m0/s1. The molecule has 0 aromatic rings. The number of aliphatic hydroxyl groups is 1. The van der Waals surface area contributed by atoms with Crippen molar-refractivity contribution in [1.82, 2.24) is 0 Å². The highest BCUT2D eigenvalue weighted by molar-refractivity contribution is 5.07. The molecule has 7 atom stereocenters. The van der Waals surface area contributed by atoms with Gasteiger partial charge >= 0.3 is 0 Å². The average Bonchev–Trinajstić information content (AvgIpc) is 2.47. The van der Waals surface area contributed by atoms with Gasteiger partial charge in [-0.15, -0.1) is 0 Å². The third kappa shape index (κ3) is 2.12. The second-order valence-corrected chi connectivity index (χ2v) is 8.93. The number of aliphatic hydroxyl groups excluding tert-OH is 1. The van der Waals surface area contributed by atoms with Crippen LogP contribution in [0.15, 0.2) is 0 Å². The molecule has 1 heterocycles. The van der Waals surface area contributed by atoms with E-state index in [2.05, 4.69) is 13.8 Å². The van der Waals surface area contributed by atoms with E-state index in [1.807, 2.05) is 0 Å². The van der Waals surface area contributed by atoms with Crippen molar-refractivity contribution in [3.05, 3.63) is 0 Å². The minimum Gasteiger partial charge on any atom is -0.393 e. The molecule has 0 aromatic heterocycles. The molecule has 2 heteroatoms. The quantitative estimate of drug-likeness (QED) is 0.726. The SMILES string of the molecule is C[C@]12CC[C@H](O)C[C@@H]1CC[C@H]1[C@H]3CCCO[C@]3(C)CC[C@@H]12. The van der Waals surface area contributed by atoms with Gasteiger partial charge in [-0.3, -0.25) is 0 Å². The molecule has 2 nitrogen and oxygen atoms in total. The minimum atomic E-state index is -0.0218. The van der Waals surface area contributed by atoms with Crippen LogP contribution >= 0.6 is 0 Å². The Hall–Kier alpha value is -0.0800. The Kier molecular flexibility index (Phi) is 3.43. The first-order valence-electron chi connectivity index (χ1n) is 9.35. The lowest BCUT2D eigenvalue weighted by molar-refractivity contribution is -0.195. The van der Waals surface area contributed by atoms with E-state index >= 15 is 0 Å². The van der Waals surface area contributed by atoms with Crippen molar-refractivity contribution in [2.75, 3.05) is 6.61 Å². The summed E-state index contributed by atoms with van der Waals surface area (Å²) in [6.45, 7) is 5.94. The van der Waals surface area contributed by atoms with E-state index in [9.17, 15) is 5.11 Å². The van der Waals surface area contributed by atoms with Crippen LogP contribution in [0.4, 0.5) is 0 Å². The van der Waals surface area contributed by atoms with Gasteiger partial charge in [0.05, 0.1) is 11.7 Å². The molecule has 21 heavy (non-hydrogen) atoms. The molecule has 0 amide bonds. The zero-order valence-corrected chi connectivity index (χ0v) is 13.8. The first kappa shape index (κ1) is 14.5. The number of rotatable bonds is 0. The smallest absolute Gasteiger partial charge is 0.0685 e. The fourth-order valence-corrected chi connectivity index (χ4v) is 6.83. The topological polar surface area (TPSA) is 29.5 Å². The molecule has 4 aliphatic rings. The Morgan fingerprint density at radius 1 is 0.952 bits per heavy atom. The summed E-state index contributed by atoms with van der Waals surface area (Å²) in [5.74, 6) is 3.36. The maximum atomic E-state index is 10.1. The second kappa shape index (κ2) is 4.96. The molecule has 0 unspecified atom stereocenters. The predicted octanol–water partition coefficient (Wildman–Crippen LogP) is 4.16. The fourth-order valence-electron chi connectivity index (χ4n) is 6.83. The van der Waals surface area contributed by atoms with Crippen molar-refractivity contribution in [2.24, 2.45) is 29.1 Å². The fraction of sp³-hybridized carbons (Fsp3) is 1.00. The number of fused-ring (bicyclic) bond motifs is 5. The first-order chi connectivity index (χ1) is 10.0. The molecule has 120 valence electrons. The molecule has 0 radical (unpaired) electrons. The second-order valence-electron chi connectivity index (χ2n) is 8.93. The van der Waals surface area contributed by atoms with Gasteiger partial charge in [0.2, 0.25) is 0 Å². The van der Waals surface area contributed by atoms with Gasteiger partial charge in [0.15, 0.2) is 0 Å². The van der Waals surface area contributed by atoms with E-state index in [4.69, 9.17) is 4.74 Å². The van der Waals surface area contributed by atoms with Gasteiger partial charge in [-0.25, -0.2) is 0 Å². The third-order valence-electron chi connectivity index (χ3n) is 8.06. The average molecular weight is 292 g/mol. The van der Waals surface area contributed by atoms with Gasteiger partial charge < -0.3 is 9.84 Å². The van der Waals surface area contributed by atoms with Crippen LogP contribution in [0.3, 0.4) is 0 Å². The maximum absolute atomic E-state index is 10.1. The Morgan fingerprint density at radius 3 is 2.67 bits per heavy atom. The molecule has 0 bridgehead atoms. The molecule has 0 spiro atoms. The largest absolute Gasteiger partial charge is 0.393 e. The Morgan fingerprint density at radius 2 is 1.81 bits per heavy atom. The van der Waals surface area contributed by atoms with Crippen molar-refractivity contribution in [1.29, 1.82) is 0 Å². The summed E-state index contributed by atoms with van der Waals surface area (Å²) in [6.07, 6.45) is 11.4. The lowest BCUT2D eigenvalue weighted by Gasteiger charge is -2.62. The third-order valence-corrected chi connectivity index (χ3v) is 8.06. The molecule has 4 fully saturated rings. The minimum absolute atomic E-state index is 0.0218. The molecule has 1 saturated heterocycles. The van der Waals surface area contributed by atoms with E-state index in [0.717, 1.165) is 43.1 Å². The summed E-state index contributed by atoms with van der Waals surface area (Å²) >= 11 is 0. The van der Waals surface area contributed by atoms with E-state index in [1.165, 1.54) is 44.9 Å². The molecule has 3 aliphatic carbocycles. The first-order valence-corrected chi connectivity index (χ1v) is 9.35. The molecule has 1 N–H and O–H groups in total. The zero-order chi connectivity index (χ0) is 14.7. The summed E-state index contributed by atoms with van der Waals surface area (Å²) in [6, 6.07) is 0. The van der Waals surface area contributed by atoms with E-state index in [0.29, 0.717) is 5.41 Å². The molecular formula is C19H32O2. The Bertz CT molecular complexity index is 408. The molecular weight excluding hydrogens is 260 g/mol. The summed E-state index contributed by atoms with van der Waals surface area (Å²) in [5.41, 5.74) is 0.678. The number of ether oxygens (including phenoxy) is 1. The van der Waals surface area contributed by atoms with E-state index in [1.54, 1.807) is 0 Å². The lowest BCUT2D eigenvalue weighted by Crippen LogP contribution is -2.58. The van der Waals surface area contributed by atoms with Gasteiger partial charge in [0.1, 0.15) is 0 Å². The summed E-state index contributed by atoms with van der Waals surface area (Å²) in [5, 5.41) is 10.1. The van der Waals surface area contributed by atoms with Crippen LogP contribution in [0.5, 0.6) is 0 Å². The monoisotopic (exact) mass is 292 g/mol. The van der Waals surface area contributed by atoms with Gasteiger partial charge in [-0.2, -0.15) is 0 Å². The summed E-state index contributed by atoms with van der Waals surface area (Å²) in [4.78, 5) is 0. The van der Waals surface area contributed by atoms with Gasteiger partial charge in [-0.1, -0.05) is 6.92 Å². The van der Waals surface area contributed by atoms with Crippen molar-refractivity contribution in [2.45, 2.75) is 83.3 Å². The highest BCUT2D eigenvalue weighted by atomic mass is 16.5. The highest BCUT2D eigenvalue weighted by Crippen LogP contribution is 2.63. The maximum Gasteiger partial charge on any atom is 0.0685 e. The van der Waals surface area contributed by atoms with Crippen LogP contribution in [0.1, 0.15) is 71.6 Å². The molecule has 4 rings (SSSR count). The van der Waals surface area contributed by atoms with E-state index < -0.39 is 0 Å². The van der Waals surface area contributed by atoms with Crippen LogP contribution in [-0.2, 0) is 4.74 Å². The van der Waals surface area contributed by atoms with Crippen molar-refractivity contribution >= 4 is 0 Å². The van der Waals surface area contributed by atoms with Gasteiger partial charge in [-0.05, 0) is 93.8 Å². The Labute approximate surface area is 129 Å². The van der Waals surface area contributed by atoms with Gasteiger partial charge in [0.25, 0.3) is 0 Å². The van der Waals surface area contributed by atoms with Crippen LogP contribution in [0.2, 0.25) is 0 Å². The van der Waals surface area contributed by atoms with Crippen LogP contribution < -0.4 is 0 Å². The number of hydrogen-bond donors (Lipinski definition) is 1. The number of hydrogen-bond acceptors (Lipinski definition) is 2. The zero-order valence-electron chi connectivity index (χ0n) is 13.8. The van der Waals surface area contributed by atoms with Crippen molar-refractivity contribution in [3.8, 4) is 0 Å². The van der Waals surface area contributed by atoms with Gasteiger partial charge in [0, 0.05) is 6.61 Å². The Balaban J connectivity index is 1.61.